The van der Waals surface area contributed by atoms with Crippen LogP contribution in [0.5, 0.6) is 0 Å². The summed E-state index contributed by atoms with van der Waals surface area (Å²) in [5.74, 6) is -0.322. The first-order valence-electron chi connectivity index (χ1n) is 18.7. The van der Waals surface area contributed by atoms with Gasteiger partial charge in [-0.1, -0.05) is 55.0 Å². The van der Waals surface area contributed by atoms with Crippen molar-refractivity contribution in [2.75, 3.05) is 45.9 Å². The topological polar surface area (TPSA) is 310 Å². The molecule has 0 radical (unpaired) electrons. The van der Waals surface area contributed by atoms with E-state index in [9.17, 15) is 50.4 Å². The van der Waals surface area contributed by atoms with Gasteiger partial charge in [0, 0.05) is 26.2 Å². The van der Waals surface area contributed by atoms with Crippen LogP contribution in [0.15, 0.2) is 48.5 Å². The summed E-state index contributed by atoms with van der Waals surface area (Å²) in [6.07, 6.45) is -10.2. The third-order valence-corrected chi connectivity index (χ3v) is 9.47. The highest BCUT2D eigenvalue weighted by Gasteiger charge is 2.34. The Hall–Kier alpha value is -3.30. The van der Waals surface area contributed by atoms with Crippen LogP contribution in [-0.2, 0) is 17.6 Å². The van der Waals surface area contributed by atoms with Gasteiger partial charge in [-0.05, 0) is 73.7 Å². The van der Waals surface area contributed by atoms with Crippen LogP contribution in [-0.4, -0.2) is 174 Å². The Balaban J connectivity index is 1.78. The van der Waals surface area contributed by atoms with E-state index in [2.05, 4.69) is 59.2 Å². The van der Waals surface area contributed by atoms with Gasteiger partial charge in [-0.3, -0.25) is 9.69 Å². The number of rotatable bonds is 28. The predicted molar refractivity (Wildman–Crippen MR) is 203 cm³/mol. The molecule has 2 aromatic carbocycles. The molecule has 2 amide bonds. The molecule has 9 atom stereocenters. The number of carboxylic acid groups (broad SMARTS) is 1. The van der Waals surface area contributed by atoms with Crippen molar-refractivity contribution in [1.82, 2.24) is 15.5 Å². The standard InChI is InChI=1S/C38H62N4O13/c39-28(8-2-4-19-42(20-29(45)33(49)35(51)31(47)22-43)21-30(46)34(50)36(52)32(48)23-44)37(53)40-18-5-7-25-11-15-27(16-12-25)26-13-9-24(10-14-26)6-1-3-17-41-38(54)55/h9-16,28-36,41,43-52H,1-8,17-23,39H2,(H,40,53)(H,54,55)/t28-,29-,30-,31+,32+,33+,34+,35+,36+/m0/s1. The van der Waals surface area contributed by atoms with E-state index in [0.717, 1.165) is 42.4 Å². The van der Waals surface area contributed by atoms with Crippen molar-refractivity contribution in [1.29, 1.82) is 0 Å². The molecule has 2 rings (SSSR count). The van der Waals surface area contributed by atoms with Gasteiger partial charge in [0.15, 0.2) is 0 Å². The number of nitrogens with one attached hydrogen (secondary N) is 2. The molecule has 0 fully saturated rings. The van der Waals surface area contributed by atoms with Crippen molar-refractivity contribution in [3.63, 3.8) is 0 Å². The molecular formula is C38H62N4O13. The van der Waals surface area contributed by atoms with Gasteiger partial charge in [-0.25, -0.2) is 4.79 Å². The van der Waals surface area contributed by atoms with Gasteiger partial charge in [0.25, 0.3) is 0 Å². The minimum Gasteiger partial charge on any atom is -0.465 e. The normalized spacial score (nSPS) is 16.7. The molecule has 0 unspecified atom stereocenters. The third kappa shape index (κ3) is 17.6. The lowest BCUT2D eigenvalue weighted by Gasteiger charge is -2.33. The summed E-state index contributed by atoms with van der Waals surface area (Å²) in [4.78, 5) is 24.6. The average Bonchev–Trinajstić information content (AvgIpc) is 3.19. The number of aliphatic hydroxyl groups is 10. The smallest absolute Gasteiger partial charge is 0.404 e. The van der Waals surface area contributed by atoms with Crippen molar-refractivity contribution in [2.45, 2.75) is 106 Å². The second kappa shape index (κ2) is 25.8. The molecule has 15 N–H and O–H groups in total. The lowest BCUT2D eigenvalue weighted by Crippen LogP contribution is -2.53. The quantitative estimate of drug-likeness (QED) is 0.0403. The molecule has 0 bridgehead atoms. The molecule has 0 saturated carbocycles. The minimum atomic E-state index is -1.88. The van der Waals surface area contributed by atoms with Gasteiger partial charge >= 0.3 is 6.09 Å². The summed E-state index contributed by atoms with van der Waals surface area (Å²) >= 11 is 0. The van der Waals surface area contributed by atoms with Crippen LogP contribution in [0.4, 0.5) is 4.79 Å². The first-order valence-corrected chi connectivity index (χ1v) is 18.7. The van der Waals surface area contributed by atoms with E-state index in [1.165, 1.54) is 10.5 Å². The fourth-order valence-electron chi connectivity index (χ4n) is 5.97. The summed E-state index contributed by atoms with van der Waals surface area (Å²) in [6.45, 7) is -1.49. The molecule has 0 heterocycles. The summed E-state index contributed by atoms with van der Waals surface area (Å²) in [7, 11) is 0. The van der Waals surface area contributed by atoms with E-state index >= 15 is 0 Å². The van der Waals surface area contributed by atoms with Crippen molar-refractivity contribution < 1.29 is 65.8 Å². The highest BCUT2D eigenvalue weighted by molar-refractivity contribution is 5.81. The lowest BCUT2D eigenvalue weighted by molar-refractivity contribution is -0.130. The molecule has 0 aliphatic rings. The molecule has 0 saturated heterocycles. The second-order valence-electron chi connectivity index (χ2n) is 13.9. The van der Waals surface area contributed by atoms with E-state index in [1.807, 2.05) is 0 Å². The maximum Gasteiger partial charge on any atom is 0.404 e. The first-order chi connectivity index (χ1) is 26.2. The molecule has 55 heavy (non-hydrogen) atoms. The Labute approximate surface area is 321 Å². The van der Waals surface area contributed by atoms with Crippen LogP contribution in [0.25, 0.3) is 11.1 Å². The van der Waals surface area contributed by atoms with Gasteiger partial charge in [-0.2, -0.15) is 0 Å². The summed E-state index contributed by atoms with van der Waals surface area (Å²) < 4.78 is 0. The van der Waals surface area contributed by atoms with Crippen LogP contribution in [0.2, 0.25) is 0 Å². The minimum absolute atomic E-state index is 0.138. The van der Waals surface area contributed by atoms with Crippen molar-refractivity contribution in [3.05, 3.63) is 59.7 Å². The van der Waals surface area contributed by atoms with Crippen LogP contribution in [0.1, 0.15) is 49.7 Å². The number of carbonyl (C=O) groups is 2. The van der Waals surface area contributed by atoms with Crippen molar-refractivity contribution in [3.8, 4) is 11.1 Å². The fraction of sp³-hybridized carbons (Fsp3) is 0.632. The van der Waals surface area contributed by atoms with Gasteiger partial charge in [-0.15, -0.1) is 0 Å². The molecule has 0 aliphatic heterocycles. The maximum atomic E-state index is 12.6. The number of nitrogens with two attached hydrogens (primary N) is 1. The molecule has 0 aromatic heterocycles. The van der Waals surface area contributed by atoms with E-state index in [-0.39, 0.29) is 25.5 Å². The Morgan fingerprint density at radius 3 is 1.47 bits per heavy atom. The molecule has 312 valence electrons. The van der Waals surface area contributed by atoms with E-state index in [0.29, 0.717) is 38.8 Å². The molecule has 0 spiro atoms. The largest absolute Gasteiger partial charge is 0.465 e. The fourth-order valence-corrected chi connectivity index (χ4v) is 5.97. The Bertz CT molecular complexity index is 1330. The monoisotopic (exact) mass is 782 g/mol. The lowest BCUT2D eigenvalue weighted by atomic mass is 9.99. The number of hydrogen-bond acceptors (Lipinski definition) is 14. The summed E-state index contributed by atoms with van der Waals surface area (Å²) in [6, 6.07) is 15.7. The van der Waals surface area contributed by atoms with Gasteiger partial charge in [0.05, 0.1) is 31.5 Å². The highest BCUT2D eigenvalue weighted by atomic mass is 16.4. The number of aliphatic hydroxyl groups excluding tert-OH is 10. The Kier molecular flexibility index (Phi) is 22.4. The molecule has 17 nitrogen and oxygen atoms in total. The molecule has 0 aliphatic carbocycles. The highest BCUT2D eigenvalue weighted by Crippen LogP contribution is 2.21. The van der Waals surface area contributed by atoms with Crippen molar-refractivity contribution in [2.24, 2.45) is 5.73 Å². The third-order valence-electron chi connectivity index (χ3n) is 9.47. The van der Waals surface area contributed by atoms with Gasteiger partial charge < -0.3 is 72.5 Å². The van der Waals surface area contributed by atoms with E-state index < -0.39 is 74.2 Å². The molecule has 17 heteroatoms. The van der Waals surface area contributed by atoms with Crippen LogP contribution < -0.4 is 16.4 Å². The Morgan fingerprint density at radius 2 is 1.02 bits per heavy atom. The molecule has 2 aromatic rings. The van der Waals surface area contributed by atoms with E-state index in [1.54, 1.807) is 0 Å². The zero-order chi connectivity index (χ0) is 40.9. The van der Waals surface area contributed by atoms with Crippen LogP contribution in [0.3, 0.4) is 0 Å². The van der Waals surface area contributed by atoms with E-state index in [4.69, 9.17) is 21.1 Å². The van der Waals surface area contributed by atoms with Gasteiger partial charge in [0.1, 0.15) is 36.6 Å². The maximum absolute atomic E-state index is 12.6. The zero-order valence-corrected chi connectivity index (χ0v) is 31.2. The number of amides is 2. The van der Waals surface area contributed by atoms with Crippen LogP contribution >= 0.6 is 0 Å². The Morgan fingerprint density at radius 1 is 0.582 bits per heavy atom. The average molecular weight is 783 g/mol. The second-order valence-corrected chi connectivity index (χ2v) is 13.9. The zero-order valence-electron chi connectivity index (χ0n) is 31.2. The molecular weight excluding hydrogens is 720 g/mol. The first kappa shape index (κ1) is 47.9. The number of hydrogen-bond donors (Lipinski definition) is 14. The van der Waals surface area contributed by atoms with Gasteiger partial charge in [0.2, 0.25) is 5.91 Å². The summed E-state index contributed by atoms with van der Waals surface area (Å²) in [5.41, 5.74) is 10.6. The number of nitrogens with zero attached hydrogens (tertiary/aromatic N) is 1. The predicted octanol–water partition coefficient (Wildman–Crippen LogP) is -2.34. The SMILES string of the molecule is N[C@@H](CCCCN(C[C@H](O)[C@@H](O)[C@H](O)[C@H](O)CO)C[C@H](O)[C@@H](O)[C@H](O)[C@H](O)CO)C(=O)NCCCc1ccc(-c2ccc(CCCCNC(=O)O)cc2)cc1. The summed E-state index contributed by atoms with van der Waals surface area (Å²) in [5, 5.41) is 113. The van der Waals surface area contributed by atoms with Crippen molar-refractivity contribution >= 4 is 12.0 Å². The number of unbranched alkanes of at least 4 members (excludes halogenated alkanes) is 2. The number of benzene rings is 2. The number of aryl methyl sites for hydroxylation is 2. The van der Waals surface area contributed by atoms with Crippen LogP contribution in [0, 0.1) is 0 Å². The number of carbonyl (C=O) groups excluding carboxylic acids is 1.